The lowest BCUT2D eigenvalue weighted by Gasteiger charge is -2.23. The van der Waals surface area contributed by atoms with Crippen LogP contribution in [-0.2, 0) is 9.84 Å². The molecule has 2 rings (SSSR count). The zero-order chi connectivity index (χ0) is 14.0. The highest BCUT2D eigenvalue weighted by Gasteiger charge is 2.26. The van der Waals surface area contributed by atoms with Crippen molar-refractivity contribution in [3.8, 4) is 5.75 Å². The van der Waals surface area contributed by atoms with Crippen LogP contribution in [0.1, 0.15) is 0 Å². The van der Waals surface area contributed by atoms with Crippen LogP contribution in [0.4, 0.5) is 4.79 Å². The Balaban J connectivity index is 2.34. The zero-order valence-corrected chi connectivity index (χ0v) is 11.4. The predicted octanol–water partition coefficient (Wildman–Crippen LogP) is 0.965. The van der Waals surface area contributed by atoms with Gasteiger partial charge in [0.2, 0.25) is 9.84 Å². The molecular formula is C12H14N2O4S. The number of urea groups is 1. The highest BCUT2D eigenvalue weighted by Crippen LogP contribution is 2.23. The van der Waals surface area contributed by atoms with Gasteiger partial charge in [0.05, 0.1) is 23.5 Å². The van der Waals surface area contributed by atoms with Gasteiger partial charge in [-0.3, -0.25) is 0 Å². The zero-order valence-electron chi connectivity index (χ0n) is 10.6. The summed E-state index contributed by atoms with van der Waals surface area (Å²) in [6.45, 7) is 0.0557. The van der Waals surface area contributed by atoms with E-state index in [1.165, 1.54) is 37.4 Å². The van der Waals surface area contributed by atoms with Crippen LogP contribution >= 0.6 is 0 Å². The van der Waals surface area contributed by atoms with Gasteiger partial charge in [-0.15, -0.1) is 0 Å². The van der Waals surface area contributed by atoms with Crippen LogP contribution in [0.5, 0.6) is 5.75 Å². The summed E-state index contributed by atoms with van der Waals surface area (Å²) in [6, 6.07) is 5.79. The molecule has 1 N–H and O–H groups in total. The molecule has 1 aromatic rings. The highest BCUT2D eigenvalue weighted by atomic mass is 32.2. The highest BCUT2D eigenvalue weighted by molar-refractivity contribution is 7.95. The van der Waals surface area contributed by atoms with Crippen molar-refractivity contribution < 1.29 is 17.9 Å². The molecule has 7 heteroatoms. The number of nitrogens with zero attached hydrogens (tertiary/aromatic N) is 1. The van der Waals surface area contributed by atoms with Crippen LogP contribution in [-0.4, -0.2) is 40.1 Å². The van der Waals surface area contributed by atoms with E-state index in [2.05, 4.69) is 5.32 Å². The molecule has 0 atom stereocenters. The Labute approximate surface area is 111 Å². The smallest absolute Gasteiger partial charge is 0.321 e. The van der Waals surface area contributed by atoms with Crippen molar-refractivity contribution in [1.29, 1.82) is 0 Å². The molecule has 1 aliphatic rings. The Bertz CT molecular complexity index is 620. The molecule has 0 aromatic heterocycles. The Morgan fingerprint density at radius 3 is 2.42 bits per heavy atom. The van der Waals surface area contributed by atoms with Crippen LogP contribution < -0.4 is 10.1 Å². The van der Waals surface area contributed by atoms with Crippen LogP contribution in [0.3, 0.4) is 0 Å². The summed E-state index contributed by atoms with van der Waals surface area (Å²) >= 11 is 0. The first kappa shape index (κ1) is 13.4. The van der Waals surface area contributed by atoms with Crippen molar-refractivity contribution in [3.05, 3.63) is 35.4 Å². The van der Waals surface area contributed by atoms with E-state index in [4.69, 9.17) is 4.74 Å². The summed E-state index contributed by atoms with van der Waals surface area (Å²) in [5, 5.41) is 2.40. The van der Waals surface area contributed by atoms with Gasteiger partial charge in [0, 0.05) is 13.2 Å². The number of benzene rings is 1. The minimum atomic E-state index is -3.59. The van der Waals surface area contributed by atoms with Crippen LogP contribution in [0.15, 0.2) is 40.3 Å². The third-order valence-electron chi connectivity index (χ3n) is 2.81. The third-order valence-corrected chi connectivity index (χ3v) is 4.64. The van der Waals surface area contributed by atoms with Crippen molar-refractivity contribution >= 4 is 15.9 Å². The number of hydrogen-bond donors (Lipinski definition) is 1. The molecule has 0 saturated heterocycles. The van der Waals surface area contributed by atoms with Crippen molar-refractivity contribution in [2.75, 3.05) is 20.7 Å². The van der Waals surface area contributed by atoms with E-state index >= 15 is 0 Å². The third kappa shape index (κ3) is 2.55. The SMILES string of the molecule is COc1ccc(S(=O)(=O)C2=CNC(=O)N(C)C2)cc1. The number of amides is 2. The van der Waals surface area contributed by atoms with E-state index in [-0.39, 0.29) is 22.4 Å². The second-order valence-electron chi connectivity index (χ2n) is 4.10. The van der Waals surface area contributed by atoms with Gasteiger partial charge in [-0.25, -0.2) is 13.2 Å². The van der Waals surface area contributed by atoms with Gasteiger partial charge in [-0.05, 0) is 24.3 Å². The lowest BCUT2D eigenvalue weighted by molar-refractivity contribution is 0.214. The summed E-state index contributed by atoms with van der Waals surface area (Å²) in [6.07, 6.45) is 1.24. The maximum atomic E-state index is 12.4. The minimum Gasteiger partial charge on any atom is -0.497 e. The molecule has 0 unspecified atom stereocenters. The average Bonchev–Trinajstić information content (AvgIpc) is 2.41. The quantitative estimate of drug-likeness (QED) is 0.896. The molecule has 2 amide bonds. The fourth-order valence-corrected chi connectivity index (χ4v) is 3.05. The van der Waals surface area contributed by atoms with E-state index in [9.17, 15) is 13.2 Å². The summed E-state index contributed by atoms with van der Waals surface area (Å²) in [5.41, 5.74) is 0. The molecule has 1 aromatic carbocycles. The number of carbonyl (C=O) groups is 1. The number of nitrogens with one attached hydrogen (secondary N) is 1. The van der Waals surface area contributed by atoms with Gasteiger partial charge < -0.3 is 15.0 Å². The number of ether oxygens (including phenoxy) is 1. The van der Waals surface area contributed by atoms with Gasteiger partial charge in [0.1, 0.15) is 5.75 Å². The average molecular weight is 282 g/mol. The summed E-state index contributed by atoms with van der Waals surface area (Å²) in [5.74, 6) is 0.585. The Morgan fingerprint density at radius 2 is 1.89 bits per heavy atom. The van der Waals surface area contributed by atoms with Gasteiger partial charge in [-0.1, -0.05) is 0 Å². The molecule has 19 heavy (non-hydrogen) atoms. The lowest BCUT2D eigenvalue weighted by atomic mass is 10.3. The number of rotatable bonds is 3. The van der Waals surface area contributed by atoms with E-state index < -0.39 is 9.84 Å². The summed E-state index contributed by atoms with van der Waals surface area (Å²) < 4.78 is 29.7. The van der Waals surface area contributed by atoms with Crippen molar-refractivity contribution in [3.63, 3.8) is 0 Å². The predicted molar refractivity (Wildman–Crippen MR) is 69.4 cm³/mol. The first-order valence-electron chi connectivity index (χ1n) is 5.55. The largest absolute Gasteiger partial charge is 0.497 e. The van der Waals surface area contributed by atoms with Gasteiger partial charge >= 0.3 is 6.03 Å². The molecule has 0 spiro atoms. The van der Waals surface area contributed by atoms with Gasteiger partial charge in [0.15, 0.2) is 0 Å². The number of hydrogen-bond acceptors (Lipinski definition) is 4. The number of sulfone groups is 1. The molecule has 0 aliphatic carbocycles. The van der Waals surface area contributed by atoms with Crippen molar-refractivity contribution in [2.24, 2.45) is 0 Å². The Hall–Kier alpha value is -2.02. The molecule has 1 heterocycles. The van der Waals surface area contributed by atoms with Gasteiger partial charge in [0.25, 0.3) is 0 Å². The summed E-state index contributed by atoms with van der Waals surface area (Å²) in [7, 11) is -0.549. The topological polar surface area (TPSA) is 75.7 Å². The van der Waals surface area contributed by atoms with E-state index in [0.29, 0.717) is 5.75 Å². The molecule has 0 saturated carbocycles. The standard InChI is InChI=1S/C12H14N2O4S/c1-14-8-11(7-13-12(14)15)19(16,17)10-5-3-9(18-2)4-6-10/h3-7H,8H2,1-2H3,(H,13,15). The first-order valence-corrected chi connectivity index (χ1v) is 7.03. The maximum Gasteiger partial charge on any atom is 0.321 e. The van der Waals surface area contributed by atoms with E-state index in [0.717, 1.165) is 0 Å². The van der Waals surface area contributed by atoms with Crippen molar-refractivity contribution in [2.45, 2.75) is 4.90 Å². The molecule has 1 aliphatic heterocycles. The molecule has 0 fully saturated rings. The number of likely N-dealkylation sites (N-methyl/N-ethyl adjacent to an activating group) is 1. The van der Waals surface area contributed by atoms with Gasteiger partial charge in [-0.2, -0.15) is 0 Å². The van der Waals surface area contributed by atoms with Crippen LogP contribution in [0.25, 0.3) is 0 Å². The second kappa shape index (κ2) is 4.93. The molecule has 102 valence electrons. The Morgan fingerprint density at radius 1 is 1.26 bits per heavy atom. The molecular weight excluding hydrogens is 268 g/mol. The van der Waals surface area contributed by atoms with Crippen molar-refractivity contribution in [1.82, 2.24) is 10.2 Å². The molecule has 0 radical (unpaired) electrons. The van der Waals surface area contributed by atoms with Crippen LogP contribution in [0.2, 0.25) is 0 Å². The van der Waals surface area contributed by atoms with E-state index in [1.807, 2.05) is 0 Å². The summed E-state index contributed by atoms with van der Waals surface area (Å²) in [4.78, 5) is 12.9. The number of carbonyl (C=O) groups excluding carboxylic acids is 1. The second-order valence-corrected chi connectivity index (χ2v) is 6.10. The van der Waals surface area contributed by atoms with E-state index in [1.54, 1.807) is 12.1 Å². The lowest BCUT2D eigenvalue weighted by Crippen LogP contribution is -2.41. The normalized spacial score (nSPS) is 15.8. The molecule has 0 bridgehead atoms. The number of methoxy groups -OCH3 is 1. The fraction of sp³-hybridized carbons (Fsp3) is 0.250. The van der Waals surface area contributed by atoms with Crippen LogP contribution in [0, 0.1) is 0 Å². The monoisotopic (exact) mass is 282 g/mol. The fourth-order valence-electron chi connectivity index (χ4n) is 1.67. The Kier molecular flexibility index (Phi) is 3.48. The first-order chi connectivity index (χ1) is 8.95. The minimum absolute atomic E-state index is 0.0557. The molecule has 6 nitrogen and oxygen atoms in total. The maximum absolute atomic E-state index is 12.4.